The van der Waals surface area contributed by atoms with Gasteiger partial charge in [0.05, 0.1) is 0 Å². The van der Waals surface area contributed by atoms with Crippen LogP contribution in [-0.2, 0) is 6.42 Å². The van der Waals surface area contributed by atoms with Gasteiger partial charge in [-0.2, -0.15) is 0 Å². The lowest BCUT2D eigenvalue weighted by molar-refractivity contribution is 0.222. The Kier molecular flexibility index (Phi) is 5.23. The molecule has 2 N–H and O–H groups in total. The van der Waals surface area contributed by atoms with E-state index in [4.69, 9.17) is 10.5 Å². The molecule has 1 aliphatic rings. The predicted octanol–water partition coefficient (Wildman–Crippen LogP) is 2.74. The highest BCUT2D eigenvalue weighted by atomic mass is 16.5. The van der Waals surface area contributed by atoms with Crippen LogP contribution in [0.25, 0.3) is 0 Å². The molecule has 0 amide bonds. The van der Waals surface area contributed by atoms with Crippen molar-refractivity contribution in [3.05, 3.63) is 29.3 Å². The average Bonchev–Trinajstić information content (AvgIpc) is 2.44. The molecule has 0 fully saturated rings. The summed E-state index contributed by atoms with van der Waals surface area (Å²) in [6.07, 6.45) is 3.45. The number of fused-ring (bicyclic) bond motifs is 1. The fourth-order valence-corrected chi connectivity index (χ4v) is 2.74. The standard InChI is InChI=1S/C16H26N2O/c1-3-18(4-2)10-11-19-14-9-8-13-6-5-7-16(17)15(13)12-14/h8-9,12,16H,3-7,10-11,17H2,1-2H3/t16-/m0/s1. The van der Waals surface area contributed by atoms with Gasteiger partial charge in [-0.15, -0.1) is 0 Å². The summed E-state index contributed by atoms with van der Waals surface area (Å²) in [5.41, 5.74) is 8.85. The molecule has 0 saturated carbocycles. The highest BCUT2D eigenvalue weighted by Crippen LogP contribution is 2.30. The number of likely N-dealkylation sites (N-methyl/N-ethyl adjacent to an activating group) is 1. The lowest BCUT2D eigenvalue weighted by atomic mass is 9.88. The summed E-state index contributed by atoms with van der Waals surface area (Å²) in [6, 6.07) is 6.59. The zero-order valence-corrected chi connectivity index (χ0v) is 12.2. The van der Waals surface area contributed by atoms with Crippen LogP contribution in [0.15, 0.2) is 18.2 Å². The number of ether oxygens (including phenoxy) is 1. The van der Waals surface area contributed by atoms with Gasteiger partial charge in [-0.05, 0) is 55.6 Å². The third-order valence-electron chi connectivity index (χ3n) is 4.05. The topological polar surface area (TPSA) is 38.5 Å². The summed E-state index contributed by atoms with van der Waals surface area (Å²) in [5, 5.41) is 0. The van der Waals surface area contributed by atoms with Gasteiger partial charge in [0, 0.05) is 12.6 Å². The number of hydrogen-bond acceptors (Lipinski definition) is 3. The maximum absolute atomic E-state index is 6.17. The molecule has 106 valence electrons. The zero-order valence-electron chi connectivity index (χ0n) is 12.2. The van der Waals surface area contributed by atoms with Crippen molar-refractivity contribution in [3.63, 3.8) is 0 Å². The third kappa shape index (κ3) is 3.71. The molecular formula is C16H26N2O. The Morgan fingerprint density at radius 2 is 2.11 bits per heavy atom. The smallest absolute Gasteiger partial charge is 0.119 e. The molecule has 0 unspecified atom stereocenters. The first-order valence-corrected chi connectivity index (χ1v) is 7.48. The van der Waals surface area contributed by atoms with Gasteiger partial charge < -0.3 is 15.4 Å². The average molecular weight is 262 g/mol. The Labute approximate surface area is 116 Å². The summed E-state index contributed by atoms with van der Waals surface area (Å²) in [4.78, 5) is 2.37. The Balaban J connectivity index is 1.93. The van der Waals surface area contributed by atoms with E-state index in [-0.39, 0.29) is 6.04 Å². The zero-order chi connectivity index (χ0) is 13.7. The van der Waals surface area contributed by atoms with Crippen molar-refractivity contribution in [1.82, 2.24) is 4.90 Å². The van der Waals surface area contributed by atoms with Crippen LogP contribution in [0.4, 0.5) is 0 Å². The Hall–Kier alpha value is -1.06. The van der Waals surface area contributed by atoms with Gasteiger partial charge in [0.2, 0.25) is 0 Å². The first kappa shape index (κ1) is 14.4. The molecule has 2 rings (SSSR count). The van der Waals surface area contributed by atoms with E-state index in [1.807, 2.05) is 0 Å². The lowest BCUT2D eigenvalue weighted by Gasteiger charge is -2.23. The molecule has 3 heteroatoms. The van der Waals surface area contributed by atoms with Crippen molar-refractivity contribution in [2.75, 3.05) is 26.2 Å². The van der Waals surface area contributed by atoms with Crippen molar-refractivity contribution < 1.29 is 4.74 Å². The second-order valence-corrected chi connectivity index (χ2v) is 5.23. The number of rotatable bonds is 6. The van der Waals surface area contributed by atoms with Crippen LogP contribution >= 0.6 is 0 Å². The van der Waals surface area contributed by atoms with E-state index in [2.05, 4.69) is 36.9 Å². The van der Waals surface area contributed by atoms with E-state index >= 15 is 0 Å². The normalized spacial score (nSPS) is 18.4. The van der Waals surface area contributed by atoms with Crippen molar-refractivity contribution in [2.45, 2.75) is 39.2 Å². The first-order chi connectivity index (χ1) is 9.24. The van der Waals surface area contributed by atoms with Crippen LogP contribution in [-0.4, -0.2) is 31.1 Å². The van der Waals surface area contributed by atoms with E-state index in [1.165, 1.54) is 17.5 Å². The highest BCUT2D eigenvalue weighted by molar-refractivity contribution is 5.39. The number of aryl methyl sites for hydroxylation is 1. The van der Waals surface area contributed by atoms with Crippen molar-refractivity contribution in [3.8, 4) is 5.75 Å². The molecule has 1 aliphatic carbocycles. The number of hydrogen-bond donors (Lipinski definition) is 1. The van der Waals surface area contributed by atoms with E-state index in [9.17, 15) is 0 Å². The highest BCUT2D eigenvalue weighted by Gasteiger charge is 2.17. The maximum atomic E-state index is 6.17. The van der Waals surface area contributed by atoms with Gasteiger partial charge in [0.15, 0.2) is 0 Å². The Bertz CT molecular complexity index is 402. The van der Waals surface area contributed by atoms with Crippen LogP contribution in [0.3, 0.4) is 0 Å². The van der Waals surface area contributed by atoms with Gasteiger partial charge in [0.25, 0.3) is 0 Å². The molecule has 0 aromatic heterocycles. The largest absolute Gasteiger partial charge is 0.492 e. The second kappa shape index (κ2) is 6.92. The van der Waals surface area contributed by atoms with Gasteiger partial charge in [-0.1, -0.05) is 19.9 Å². The van der Waals surface area contributed by atoms with Crippen molar-refractivity contribution >= 4 is 0 Å². The van der Waals surface area contributed by atoms with Gasteiger partial charge in [-0.3, -0.25) is 0 Å². The van der Waals surface area contributed by atoms with E-state index < -0.39 is 0 Å². The molecule has 0 radical (unpaired) electrons. The quantitative estimate of drug-likeness (QED) is 0.856. The number of nitrogens with two attached hydrogens (primary N) is 1. The lowest BCUT2D eigenvalue weighted by Crippen LogP contribution is -2.28. The van der Waals surface area contributed by atoms with Crippen LogP contribution in [0.5, 0.6) is 5.75 Å². The molecule has 0 heterocycles. The summed E-state index contributed by atoms with van der Waals surface area (Å²) in [7, 11) is 0. The predicted molar refractivity (Wildman–Crippen MR) is 79.6 cm³/mol. The number of nitrogens with zero attached hydrogens (tertiary/aromatic N) is 1. The summed E-state index contributed by atoms with van der Waals surface area (Å²) >= 11 is 0. The molecule has 19 heavy (non-hydrogen) atoms. The summed E-state index contributed by atoms with van der Waals surface area (Å²) in [6.45, 7) is 8.25. The van der Waals surface area contributed by atoms with Crippen LogP contribution < -0.4 is 10.5 Å². The number of benzene rings is 1. The molecule has 0 spiro atoms. The van der Waals surface area contributed by atoms with E-state index in [0.717, 1.165) is 44.8 Å². The SMILES string of the molecule is CCN(CC)CCOc1ccc2c(c1)[C@@H](N)CCC2. The minimum absolute atomic E-state index is 0.190. The van der Waals surface area contributed by atoms with Gasteiger partial charge in [0.1, 0.15) is 12.4 Å². The Morgan fingerprint density at radius 1 is 1.32 bits per heavy atom. The molecule has 1 aromatic carbocycles. The van der Waals surface area contributed by atoms with Crippen LogP contribution in [0.2, 0.25) is 0 Å². The monoisotopic (exact) mass is 262 g/mol. The van der Waals surface area contributed by atoms with E-state index in [0.29, 0.717) is 0 Å². The van der Waals surface area contributed by atoms with E-state index in [1.54, 1.807) is 0 Å². The molecule has 0 bridgehead atoms. The maximum Gasteiger partial charge on any atom is 0.119 e. The van der Waals surface area contributed by atoms with Crippen molar-refractivity contribution in [1.29, 1.82) is 0 Å². The minimum Gasteiger partial charge on any atom is -0.492 e. The molecule has 0 aliphatic heterocycles. The van der Waals surface area contributed by atoms with Gasteiger partial charge in [-0.25, -0.2) is 0 Å². The van der Waals surface area contributed by atoms with Crippen LogP contribution in [0, 0.1) is 0 Å². The van der Waals surface area contributed by atoms with Crippen molar-refractivity contribution in [2.24, 2.45) is 5.73 Å². The summed E-state index contributed by atoms with van der Waals surface area (Å²) in [5.74, 6) is 0.961. The molecule has 1 aromatic rings. The van der Waals surface area contributed by atoms with Gasteiger partial charge >= 0.3 is 0 Å². The molecule has 3 nitrogen and oxygen atoms in total. The fraction of sp³-hybridized carbons (Fsp3) is 0.625. The molecule has 1 atom stereocenters. The third-order valence-corrected chi connectivity index (χ3v) is 4.05. The first-order valence-electron chi connectivity index (χ1n) is 7.48. The Morgan fingerprint density at radius 3 is 2.84 bits per heavy atom. The second-order valence-electron chi connectivity index (χ2n) is 5.23. The summed E-state index contributed by atoms with van der Waals surface area (Å²) < 4.78 is 5.86. The minimum atomic E-state index is 0.190. The molecular weight excluding hydrogens is 236 g/mol. The van der Waals surface area contributed by atoms with Crippen LogP contribution in [0.1, 0.15) is 43.9 Å². The molecule has 0 saturated heterocycles. The fourth-order valence-electron chi connectivity index (χ4n) is 2.74.